The van der Waals surface area contributed by atoms with Crippen LogP contribution in [0.4, 0.5) is 13.2 Å². The molecule has 0 spiro atoms. The van der Waals surface area contributed by atoms with Crippen molar-refractivity contribution in [3.63, 3.8) is 0 Å². The number of carboxylic acids is 1. The normalized spacial score (nSPS) is 19.0. The van der Waals surface area contributed by atoms with Gasteiger partial charge >= 0.3 is 12.1 Å². The number of morpholine rings is 1. The van der Waals surface area contributed by atoms with E-state index in [1.54, 1.807) is 0 Å². The van der Waals surface area contributed by atoms with Crippen LogP contribution in [0.1, 0.15) is 11.1 Å². The number of alkyl halides is 3. The van der Waals surface area contributed by atoms with Crippen LogP contribution in [0.25, 0.3) is 0 Å². The van der Waals surface area contributed by atoms with E-state index in [4.69, 9.17) is 9.84 Å². The van der Waals surface area contributed by atoms with Crippen molar-refractivity contribution < 1.29 is 32.6 Å². The second-order valence-corrected chi connectivity index (χ2v) is 4.87. The minimum atomic E-state index is -4.54. The molecule has 1 aliphatic heterocycles. The molecule has 5 nitrogen and oxygen atoms in total. The summed E-state index contributed by atoms with van der Waals surface area (Å²) < 4.78 is 43.6. The quantitative estimate of drug-likeness (QED) is 0.919. The van der Waals surface area contributed by atoms with Crippen LogP contribution in [-0.4, -0.2) is 47.7 Å². The highest BCUT2D eigenvalue weighted by molar-refractivity contribution is 5.81. The van der Waals surface area contributed by atoms with Crippen LogP contribution in [0.5, 0.6) is 0 Å². The Balaban J connectivity index is 2.11. The zero-order valence-corrected chi connectivity index (χ0v) is 11.5. The van der Waals surface area contributed by atoms with Gasteiger partial charge in [-0.1, -0.05) is 18.2 Å². The molecule has 2 rings (SSSR count). The maximum atomic E-state index is 12.9. The number of nitrogens with zero attached hydrogens (tertiary/aromatic N) is 1. The van der Waals surface area contributed by atoms with Crippen LogP contribution in [0.3, 0.4) is 0 Å². The molecular formula is C14H14F3NO4. The summed E-state index contributed by atoms with van der Waals surface area (Å²) >= 11 is 0. The van der Waals surface area contributed by atoms with Crippen LogP contribution in [0, 0.1) is 0 Å². The highest BCUT2D eigenvalue weighted by atomic mass is 19.4. The van der Waals surface area contributed by atoms with E-state index >= 15 is 0 Å². The number of amides is 1. The Kier molecular flexibility index (Phi) is 4.70. The lowest BCUT2D eigenvalue weighted by Gasteiger charge is -2.31. The Bertz CT molecular complexity index is 573. The molecule has 1 saturated heterocycles. The van der Waals surface area contributed by atoms with Gasteiger partial charge in [-0.2, -0.15) is 13.2 Å². The summed E-state index contributed by atoms with van der Waals surface area (Å²) in [5.74, 6) is -1.75. The third kappa shape index (κ3) is 3.76. The molecule has 1 aliphatic rings. The molecule has 0 radical (unpaired) electrons. The number of hydrogen-bond acceptors (Lipinski definition) is 3. The van der Waals surface area contributed by atoms with Gasteiger partial charge in [0.15, 0.2) is 6.10 Å². The topological polar surface area (TPSA) is 66.8 Å². The van der Waals surface area contributed by atoms with Crippen LogP contribution in [0.2, 0.25) is 0 Å². The second kappa shape index (κ2) is 6.35. The second-order valence-electron chi connectivity index (χ2n) is 4.87. The van der Waals surface area contributed by atoms with Crippen LogP contribution < -0.4 is 0 Å². The van der Waals surface area contributed by atoms with Gasteiger partial charge in [-0.25, -0.2) is 4.79 Å². The maximum Gasteiger partial charge on any atom is 0.416 e. The standard InChI is InChI=1S/C14H14F3NO4/c15-14(16,17)10-4-2-1-3-9(10)7-12(19)18-5-6-22-11(8-18)13(20)21/h1-4,11H,5-8H2,(H,20,21). The largest absolute Gasteiger partial charge is 0.479 e. The summed E-state index contributed by atoms with van der Waals surface area (Å²) in [7, 11) is 0. The molecule has 0 saturated carbocycles. The van der Waals surface area contributed by atoms with Crippen molar-refractivity contribution in [2.45, 2.75) is 18.7 Å². The molecule has 8 heteroatoms. The zero-order chi connectivity index (χ0) is 16.3. The minimum absolute atomic E-state index is 0.0453. The molecule has 0 bridgehead atoms. The van der Waals surface area contributed by atoms with Gasteiger partial charge in [0.2, 0.25) is 5.91 Å². The Labute approximate surface area is 124 Å². The molecule has 22 heavy (non-hydrogen) atoms. The van der Waals surface area contributed by atoms with Crippen molar-refractivity contribution >= 4 is 11.9 Å². The lowest BCUT2D eigenvalue weighted by atomic mass is 10.0. The summed E-state index contributed by atoms with van der Waals surface area (Å²) in [6.45, 7) is 0.0444. The first kappa shape index (κ1) is 16.3. The molecule has 0 aliphatic carbocycles. The van der Waals surface area contributed by atoms with Gasteiger partial charge in [-0.15, -0.1) is 0 Å². The summed E-state index contributed by atoms with van der Waals surface area (Å²) in [6, 6.07) is 4.85. The van der Waals surface area contributed by atoms with E-state index in [-0.39, 0.29) is 25.3 Å². The average molecular weight is 317 g/mol. The maximum absolute atomic E-state index is 12.9. The van der Waals surface area contributed by atoms with Gasteiger partial charge in [-0.05, 0) is 11.6 Å². The first-order valence-electron chi connectivity index (χ1n) is 6.56. The van der Waals surface area contributed by atoms with E-state index in [1.807, 2.05) is 0 Å². The molecule has 0 aromatic heterocycles. The number of carbonyl (C=O) groups is 2. The Morgan fingerprint density at radius 1 is 1.32 bits per heavy atom. The third-order valence-corrected chi connectivity index (χ3v) is 3.36. The molecule has 120 valence electrons. The Hall–Kier alpha value is -2.09. The SMILES string of the molecule is O=C(O)C1CN(C(=O)Cc2ccccc2C(F)(F)F)CCO1. The molecule has 1 heterocycles. The fourth-order valence-corrected chi connectivity index (χ4v) is 2.25. The molecule has 1 amide bonds. The van der Waals surface area contributed by atoms with Crippen molar-refractivity contribution in [2.24, 2.45) is 0 Å². The molecule has 1 N–H and O–H groups in total. The lowest BCUT2D eigenvalue weighted by molar-refractivity contribution is -0.159. The molecular weight excluding hydrogens is 303 g/mol. The van der Waals surface area contributed by atoms with Crippen LogP contribution >= 0.6 is 0 Å². The lowest BCUT2D eigenvalue weighted by Crippen LogP contribution is -2.49. The Morgan fingerprint density at radius 3 is 2.64 bits per heavy atom. The van der Waals surface area contributed by atoms with Gasteiger partial charge in [0.05, 0.1) is 25.1 Å². The number of benzene rings is 1. The molecule has 1 unspecified atom stereocenters. The van der Waals surface area contributed by atoms with Crippen molar-refractivity contribution in [3.8, 4) is 0 Å². The monoisotopic (exact) mass is 317 g/mol. The number of carbonyl (C=O) groups excluding carboxylic acids is 1. The van der Waals surface area contributed by atoms with E-state index in [1.165, 1.54) is 23.1 Å². The van der Waals surface area contributed by atoms with Crippen molar-refractivity contribution in [3.05, 3.63) is 35.4 Å². The van der Waals surface area contributed by atoms with E-state index < -0.39 is 36.1 Å². The smallest absolute Gasteiger partial charge is 0.416 e. The van der Waals surface area contributed by atoms with Gasteiger partial charge in [0.25, 0.3) is 0 Å². The number of hydrogen-bond donors (Lipinski definition) is 1. The van der Waals surface area contributed by atoms with Gasteiger partial charge in [-0.3, -0.25) is 4.79 Å². The van der Waals surface area contributed by atoms with Crippen molar-refractivity contribution in [1.82, 2.24) is 4.90 Å². The fourth-order valence-electron chi connectivity index (χ4n) is 2.25. The number of ether oxygens (including phenoxy) is 1. The van der Waals surface area contributed by atoms with Gasteiger partial charge in [0.1, 0.15) is 0 Å². The highest BCUT2D eigenvalue weighted by Crippen LogP contribution is 2.32. The molecule has 1 aromatic rings. The number of rotatable bonds is 3. The predicted molar refractivity (Wildman–Crippen MR) is 69.1 cm³/mol. The summed E-state index contributed by atoms with van der Waals surface area (Å²) in [4.78, 5) is 24.2. The fraction of sp³-hybridized carbons (Fsp3) is 0.429. The first-order valence-corrected chi connectivity index (χ1v) is 6.56. The van der Waals surface area contributed by atoms with E-state index in [2.05, 4.69) is 0 Å². The Morgan fingerprint density at radius 2 is 2.00 bits per heavy atom. The molecule has 1 aromatic carbocycles. The average Bonchev–Trinajstić information content (AvgIpc) is 2.46. The zero-order valence-electron chi connectivity index (χ0n) is 11.5. The van der Waals surface area contributed by atoms with E-state index in [9.17, 15) is 22.8 Å². The van der Waals surface area contributed by atoms with E-state index in [0.717, 1.165) is 6.07 Å². The number of halogens is 3. The summed E-state index contributed by atoms with van der Waals surface area (Å²) in [6.07, 6.45) is -6.11. The number of carboxylic acid groups (broad SMARTS) is 1. The van der Waals surface area contributed by atoms with E-state index in [0.29, 0.717) is 0 Å². The van der Waals surface area contributed by atoms with Gasteiger partial charge in [0, 0.05) is 6.54 Å². The van der Waals surface area contributed by atoms with Crippen molar-refractivity contribution in [2.75, 3.05) is 19.7 Å². The first-order chi connectivity index (χ1) is 10.3. The van der Waals surface area contributed by atoms with Crippen LogP contribution in [-0.2, 0) is 26.9 Å². The third-order valence-electron chi connectivity index (χ3n) is 3.36. The molecule has 1 atom stereocenters. The summed E-state index contributed by atoms with van der Waals surface area (Å²) in [5, 5.41) is 8.87. The molecule has 1 fully saturated rings. The predicted octanol–water partition coefficient (Wildman–Crippen LogP) is 1.56. The van der Waals surface area contributed by atoms with Gasteiger partial charge < -0.3 is 14.7 Å². The summed E-state index contributed by atoms with van der Waals surface area (Å²) in [5.41, 5.74) is -0.982. The van der Waals surface area contributed by atoms with Crippen molar-refractivity contribution in [1.29, 1.82) is 0 Å². The van der Waals surface area contributed by atoms with Crippen LogP contribution in [0.15, 0.2) is 24.3 Å². The highest BCUT2D eigenvalue weighted by Gasteiger charge is 2.34. The minimum Gasteiger partial charge on any atom is -0.479 e. The number of aliphatic carboxylic acids is 1.